The normalized spacial score (nSPS) is 10.4. The Balaban J connectivity index is 1.70. The Morgan fingerprint density at radius 1 is 1.40 bits per heavy atom. The summed E-state index contributed by atoms with van der Waals surface area (Å²) < 4.78 is 5.65. The van der Waals surface area contributed by atoms with Crippen molar-refractivity contribution in [3.63, 3.8) is 0 Å². The van der Waals surface area contributed by atoms with E-state index in [-0.39, 0.29) is 0 Å². The van der Waals surface area contributed by atoms with Gasteiger partial charge in [0, 0.05) is 18.5 Å². The van der Waals surface area contributed by atoms with Gasteiger partial charge in [-0.15, -0.1) is 11.3 Å². The van der Waals surface area contributed by atoms with Crippen LogP contribution in [0.3, 0.4) is 0 Å². The molecule has 0 saturated carbocycles. The number of nitrogens with zero attached hydrogens (tertiary/aromatic N) is 3. The van der Waals surface area contributed by atoms with Gasteiger partial charge in [-0.3, -0.25) is 0 Å². The quantitative estimate of drug-likeness (QED) is 0.735. The van der Waals surface area contributed by atoms with E-state index in [1.165, 1.54) is 0 Å². The number of benzene rings is 1. The number of hydrogen-bond donors (Lipinski definition) is 0. The zero-order chi connectivity index (χ0) is 14.2. The molecule has 0 amide bonds. The Bertz CT molecular complexity index is 563. The van der Waals surface area contributed by atoms with Crippen molar-refractivity contribution in [3.05, 3.63) is 46.4 Å². The summed E-state index contributed by atoms with van der Waals surface area (Å²) in [7, 11) is 2.07. The number of rotatable bonds is 7. The molecule has 0 fully saturated rings. The average Bonchev–Trinajstić information content (AvgIpc) is 2.97. The lowest BCUT2D eigenvalue weighted by Gasteiger charge is -2.15. The van der Waals surface area contributed by atoms with Gasteiger partial charge in [0.2, 0.25) is 0 Å². The van der Waals surface area contributed by atoms with Crippen molar-refractivity contribution in [2.45, 2.75) is 13.0 Å². The maximum absolute atomic E-state index is 8.96. The molecule has 0 atom stereocenters. The van der Waals surface area contributed by atoms with Gasteiger partial charge in [0.25, 0.3) is 0 Å². The smallest absolute Gasteiger partial charge is 0.137 e. The molecule has 0 aliphatic carbocycles. The average molecular weight is 287 g/mol. The van der Waals surface area contributed by atoms with Gasteiger partial charge < -0.3 is 9.64 Å². The van der Waals surface area contributed by atoms with Gasteiger partial charge in [-0.1, -0.05) is 12.1 Å². The molecule has 0 bridgehead atoms. The fourth-order valence-corrected chi connectivity index (χ4v) is 2.42. The van der Waals surface area contributed by atoms with Crippen LogP contribution in [0.15, 0.2) is 35.2 Å². The lowest BCUT2D eigenvalue weighted by atomic mass is 10.2. The van der Waals surface area contributed by atoms with E-state index in [2.05, 4.69) is 28.4 Å². The molecule has 0 aliphatic heterocycles. The zero-order valence-corrected chi connectivity index (χ0v) is 12.3. The summed E-state index contributed by atoms with van der Waals surface area (Å²) in [5.74, 6) is 0.664. The molecule has 4 nitrogen and oxygen atoms in total. The molecule has 0 radical (unpaired) electrons. The van der Waals surface area contributed by atoms with Gasteiger partial charge in [-0.2, -0.15) is 5.26 Å². The van der Waals surface area contributed by atoms with Gasteiger partial charge in [0.1, 0.15) is 11.8 Å². The van der Waals surface area contributed by atoms with Crippen LogP contribution < -0.4 is 4.74 Å². The minimum absolute atomic E-state index is 0.586. The third-order valence-electron chi connectivity index (χ3n) is 2.86. The summed E-state index contributed by atoms with van der Waals surface area (Å²) in [6.07, 6.45) is 0.917. The molecule has 20 heavy (non-hydrogen) atoms. The van der Waals surface area contributed by atoms with E-state index < -0.39 is 0 Å². The van der Waals surface area contributed by atoms with Crippen LogP contribution in [0.25, 0.3) is 0 Å². The van der Waals surface area contributed by atoms with Crippen LogP contribution in [-0.2, 0) is 6.54 Å². The number of nitriles is 1. The van der Waals surface area contributed by atoms with Crippen LogP contribution in [0.5, 0.6) is 5.75 Å². The number of ether oxygens (including phenoxy) is 1. The summed E-state index contributed by atoms with van der Waals surface area (Å²) in [5, 5.41) is 11.0. The third-order valence-corrected chi connectivity index (χ3v) is 3.50. The standard InChI is InChI=1S/C15H17N3OS/c1-18(10-14-11-20-12-17-14)7-4-8-19-15-6-3-2-5-13(15)9-16/h2-3,5-6,11-12H,4,7-8,10H2,1H3. The van der Waals surface area contributed by atoms with Crippen molar-refractivity contribution >= 4 is 11.3 Å². The molecule has 0 N–H and O–H groups in total. The Labute approximate surface area is 123 Å². The number of hydrogen-bond acceptors (Lipinski definition) is 5. The summed E-state index contributed by atoms with van der Waals surface area (Å²) >= 11 is 1.62. The van der Waals surface area contributed by atoms with Crippen LogP contribution in [0, 0.1) is 11.3 Å². The number of para-hydroxylation sites is 1. The Morgan fingerprint density at radius 3 is 3.00 bits per heavy atom. The fourth-order valence-electron chi connectivity index (χ4n) is 1.87. The monoisotopic (exact) mass is 287 g/mol. The highest BCUT2D eigenvalue weighted by Crippen LogP contribution is 2.16. The highest BCUT2D eigenvalue weighted by Gasteiger charge is 2.04. The first kappa shape index (κ1) is 14.5. The molecule has 2 aromatic rings. The summed E-state index contributed by atoms with van der Waals surface area (Å²) in [6.45, 7) is 2.41. The first-order valence-electron chi connectivity index (χ1n) is 6.47. The molecule has 0 unspecified atom stereocenters. The van der Waals surface area contributed by atoms with Crippen molar-refractivity contribution in [2.75, 3.05) is 20.2 Å². The second-order valence-electron chi connectivity index (χ2n) is 4.53. The highest BCUT2D eigenvalue weighted by atomic mass is 32.1. The van der Waals surface area contributed by atoms with Crippen molar-refractivity contribution in [2.24, 2.45) is 0 Å². The molecule has 1 aromatic carbocycles. The Hall–Kier alpha value is -1.90. The largest absolute Gasteiger partial charge is 0.492 e. The fraction of sp³-hybridized carbons (Fsp3) is 0.333. The second-order valence-corrected chi connectivity index (χ2v) is 5.25. The van der Waals surface area contributed by atoms with E-state index in [9.17, 15) is 0 Å². The van der Waals surface area contributed by atoms with E-state index in [1.54, 1.807) is 17.4 Å². The third kappa shape index (κ3) is 4.34. The van der Waals surface area contributed by atoms with Crippen LogP contribution in [0.1, 0.15) is 17.7 Å². The molecule has 2 rings (SSSR count). The van der Waals surface area contributed by atoms with Crippen LogP contribution in [0.2, 0.25) is 0 Å². The number of thiazole rings is 1. The minimum Gasteiger partial charge on any atom is -0.492 e. The molecular weight excluding hydrogens is 270 g/mol. The van der Waals surface area contributed by atoms with Crippen LogP contribution in [-0.4, -0.2) is 30.1 Å². The zero-order valence-electron chi connectivity index (χ0n) is 11.5. The summed E-state index contributed by atoms with van der Waals surface area (Å²) in [6, 6.07) is 9.45. The first-order chi connectivity index (χ1) is 9.79. The van der Waals surface area contributed by atoms with Gasteiger partial charge in [-0.05, 0) is 25.6 Å². The van der Waals surface area contributed by atoms with E-state index in [4.69, 9.17) is 10.00 Å². The number of aromatic nitrogens is 1. The second kappa shape index (κ2) is 7.63. The summed E-state index contributed by atoms with van der Waals surface area (Å²) in [4.78, 5) is 6.48. The van der Waals surface area contributed by atoms with E-state index >= 15 is 0 Å². The van der Waals surface area contributed by atoms with Crippen LogP contribution in [0.4, 0.5) is 0 Å². The van der Waals surface area contributed by atoms with Crippen molar-refractivity contribution in [3.8, 4) is 11.8 Å². The summed E-state index contributed by atoms with van der Waals surface area (Å²) in [5.41, 5.74) is 3.54. The Kier molecular flexibility index (Phi) is 5.54. The molecule has 0 spiro atoms. The Morgan fingerprint density at radius 2 is 2.25 bits per heavy atom. The molecule has 5 heteroatoms. The highest BCUT2D eigenvalue weighted by molar-refractivity contribution is 7.07. The van der Waals surface area contributed by atoms with Gasteiger partial charge in [-0.25, -0.2) is 4.98 Å². The van der Waals surface area contributed by atoms with Gasteiger partial charge >= 0.3 is 0 Å². The topological polar surface area (TPSA) is 49.1 Å². The molecule has 0 saturated heterocycles. The molecule has 1 aromatic heterocycles. The predicted molar refractivity (Wildman–Crippen MR) is 79.7 cm³/mol. The van der Waals surface area contributed by atoms with E-state index in [0.717, 1.165) is 25.2 Å². The van der Waals surface area contributed by atoms with Crippen LogP contribution >= 0.6 is 11.3 Å². The molecular formula is C15H17N3OS. The predicted octanol–water partition coefficient (Wildman–Crippen LogP) is 2.92. The van der Waals surface area contributed by atoms with E-state index in [0.29, 0.717) is 17.9 Å². The maximum atomic E-state index is 8.96. The molecule has 104 valence electrons. The van der Waals surface area contributed by atoms with Gasteiger partial charge in [0.05, 0.1) is 23.4 Å². The van der Waals surface area contributed by atoms with E-state index in [1.807, 2.05) is 23.7 Å². The first-order valence-corrected chi connectivity index (χ1v) is 7.41. The van der Waals surface area contributed by atoms with Crippen molar-refractivity contribution in [1.82, 2.24) is 9.88 Å². The minimum atomic E-state index is 0.586. The molecule has 0 aliphatic rings. The van der Waals surface area contributed by atoms with Crippen molar-refractivity contribution < 1.29 is 4.74 Å². The maximum Gasteiger partial charge on any atom is 0.137 e. The lowest BCUT2D eigenvalue weighted by Crippen LogP contribution is -2.21. The molecule has 1 heterocycles. The van der Waals surface area contributed by atoms with Gasteiger partial charge in [0.15, 0.2) is 0 Å². The SMILES string of the molecule is CN(CCCOc1ccccc1C#N)Cc1cscn1. The lowest BCUT2D eigenvalue weighted by molar-refractivity contribution is 0.257. The van der Waals surface area contributed by atoms with Crippen molar-refractivity contribution in [1.29, 1.82) is 5.26 Å².